The number of rotatable bonds is 5. The van der Waals surface area contributed by atoms with Gasteiger partial charge in [0.1, 0.15) is 6.04 Å². The third-order valence-corrected chi connectivity index (χ3v) is 4.74. The minimum atomic E-state index is -0.231. The maximum absolute atomic E-state index is 12.3. The number of carbonyl (C=O) groups excluding carboxylic acids is 2. The highest BCUT2D eigenvalue weighted by Gasteiger charge is 2.36. The van der Waals surface area contributed by atoms with Gasteiger partial charge < -0.3 is 10.2 Å². The molecule has 1 aliphatic heterocycles. The maximum Gasteiger partial charge on any atom is 0.243 e. The van der Waals surface area contributed by atoms with Gasteiger partial charge in [0.25, 0.3) is 0 Å². The summed E-state index contributed by atoms with van der Waals surface area (Å²) in [6.45, 7) is 0.727. The van der Waals surface area contributed by atoms with Crippen molar-refractivity contribution in [3.8, 4) is 0 Å². The van der Waals surface area contributed by atoms with Crippen molar-refractivity contribution in [2.24, 2.45) is 0 Å². The highest BCUT2D eigenvalue weighted by Crippen LogP contribution is 2.23. The Balaban J connectivity index is 1.53. The molecule has 2 aliphatic rings. The van der Waals surface area contributed by atoms with Gasteiger partial charge in [-0.05, 0) is 54.5 Å². The molecule has 1 saturated carbocycles. The van der Waals surface area contributed by atoms with Crippen molar-refractivity contribution in [3.63, 3.8) is 0 Å². The monoisotopic (exact) mass is 292 g/mol. The number of likely N-dealkylation sites (tertiary alicyclic amines) is 1. The van der Waals surface area contributed by atoms with Crippen LogP contribution in [0.5, 0.6) is 0 Å². The van der Waals surface area contributed by atoms with Crippen LogP contribution in [0.25, 0.3) is 0 Å². The zero-order valence-electron chi connectivity index (χ0n) is 11.5. The van der Waals surface area contributed by atoms with E-state index in [4.69, 9.17) is 0 Å². The second-order valence-corrected chi connectivity index (χ2v) is 6.44. The third-order valence-electron chi connectivity index (χ3n) is 4.01. The van der Waals surface area contributed by atoms with Crippen LogP contribution < -0.4 is 5.32 Å². The number of hydrogen-bond acceptors (Lipinski definition) is 3. The molecule has 2 heterocycles. The van der Waals surface area contributed by atoms with Crippen molar-refractivity contribution in [2.45, 2.75) is 50.6 Å². The fourth-order valence-corrected chi connectivity index (χ4v) is 3.40. The lowest BCUT2D eigenvalue weighted by molar-refractivity contribution is -0.138. The molecule has 2 fully saturated rings. The summed E-state index contributed by atoms with van der Waals surface area (Å²) in [5.41, 5.74) is 1.21. The molecular weight excluding hydrogens is 272 g/mol. The Labute approximate surface area is 123 Å². The summed E-state index contributed by atoms with van der Waals surface area (Å²) in [6, 6.07) is 2.19. The first kappa shape index (κ1) is 13.6. The van der Waals surface area contributed by atoms with Crippen molar-refractivity contribution in [1.29, 1.82) is 0 Å². The minimum Gasteiger partial charge on any atom is -0.352 e. The zero-order chi connectivity index (χ0) is 13.9. The van der Waals surface area contributed by atoms with E-state index < -0.39 is 0 Å². The topological polar surface area (TPSA) is 49.4 Å². The first-order valence-corrected chi connectivity index (χ1v) is 8.29. The summed E-state index contributed by atoms with van der Waals surface area (Å²) >= 11 is 1.65. The fraction of sp³-hybridized carbons (Fsp3) is 0.600. The molecule has 1 aromatic heterocycles. The van der Waals surface area contributed by atoms with Crippen LogP contribution in [0.3, 0.4) is 0 Å². The summed E-state index contributed by atoms with van der Waals surface area (Å²) in [5, 5.41) is 7.13. The lowest BCUT2D eigenvalue weighted by Gasteiger charge is -2.24. The van der Waals surface area contributed by atoms with Gasteiger partial charge in [-0.25, -0.2) is 0 Å². The summed E-state index contributed by atoms with van der Waals surface area (Å²) in [4.78, 5) is 26.2. The number of carbonyl (C=O) groups is 2. The molecule has 1 atom stereocenters. The van der Waals surface area contributed by atoms with Crippen molar-refractivity contribution < 1.29 is 9.59 Å². The van der Waals surface area contributed by atoms with Crippen LogP contribution in [0.4, 0.5) is 0 Å². The number of nitrogens with one attached hydrogen (secondary N) is 1. The Morgan fingerprint density at radius 1 is 1.35 bits per heavy atom. The Morgan fingerprint density at radius 2 is 2.20 bits per heavy atom. The van der Waals surface area contributed by atoms with E-state index in [0.717, 1.165) is 38.6 Å². The standard InChI is InChI=1S/C15H20N2O2S/c18-14(6-3-11-7-9-20-10-11)17-8-1-2-13(17)15(19)16-12-4-5-12/h7,9-10,12-13H,1-6,8H2,(H,16,19). The van der Waals surface area contributed by atoms with E-state index in [1.54, 1.807) is 16.2 Å². The van der Waals surface area contributed by atoms with E-state index in [9.17, 15) is 9.59 Å². The highest BCUT2D eigenvalue weighted by molar-refractivity contribution is 7.07. The van der Waals surface area contributed by atoms with Crippen molar-refractivity contribution >= 4 is 23.2 Å². The minimum absolute atomic E-state index is 0.0499. The van der Waals surface area contributed by atoms with Crippen molar-refractivity contribution in [1.82, 2.24) is 10.2 Å². The molecule has 1 unspecified atom stereocenters. The molecule has 5 heteroatoms. The highest BCUT2D eigenvalue weighted by atomic mass is 32.1. The quantitative estimate of drug-likeness (QED) is 0.902. The number of nitrogens with zero attached hydrogens (tertiary/aromatic N) is 1. The molecule has 1 N–H and O–H groups in total. The van der Waals surface area contributed by atoms with Gasteiger partial charge in [-0.1, -0.05) is 0 Å². The average Bonchev–Trinajstić information content (AvgIpc) is 2.98. The summed E-state index contributed by atoms with van der Waals surface area (Å²) in [5.74, 6) is 0.165. The van der Waals surface area contributed by atoms with Gasteiger partial charge in [0.2, 0.25) is 11.8 Å². The first-order valence-electron chi connectivity index (χ1n) is 7.35. The predicted octanol–water partition coefficient (Wildman–Crippen LogP) is 1.95. The van der Waals surface area contributed by atoms with Gasteiger partial charge in [-0.15, -0.1) is 0 Å². The van der Waals surface area contributed by atoms with Gasteiger partial charge in [-0.3, -0.25) is 9.59 Å². The molecule has 1 aliphatic carbocycles. The van der Waals surface area contributed by atoms with Gasteiger partial charge in [0, 0.05) is 19.0 Å². The molecule has 0 aromatic carbocycles. The van der Waals surface area contributed by atoms with Crippen LogP contribution >= 0.6 is 11.3 Å². The smallest absolute Gasteiger partial charge is 0.243 e. The molecule has 2 amide bonds. The van der Waals surface area contributed by atoms with E-state index in [0.29, 0.717) is 12.5 Å². The van der Waals surface area contributed by atoms with E-state index in [1.807, 2.05) is 5.38 Å². The molecule has 1 saturated heterocycles. The van der Waals surface area contributed by atoms with Crippen LogP contribution in [-0.4, -0.2) is 35.3 Å². The number of hydrogen-bond donors (Lipinski definition) is 1. The van der Waals surface area contributed by atoms with E-state index in [1.165, 1.54) is 5.56 Å². The normalized spacial score (nSPS) is 22.0. The largest absolute Gasteiger partial charge is 0.352 e. The summed E-state index contributed by atoms with van der Waals surface area (Å²) in [7, 11) is 0. The molecule has 0 radical (unpaired) electrons. The van der Waals surface area contributed by atoms with Crippen molar-refractivity contribution in [2.75, 3.05) is 6.54 Å². The molecule has 0 spiro atoms. The van der Waals surface area contributed by atoms with E-state index >= 15 is 0 Å². The predicted molar refractivity (Wildman–Crippen MR) is 78.5 cm³/mol. The lowest BCUT2D eigenvalue weighted by Crippen LogP contribution is -2.46. The molecule has 1 aromatic rings. The molecular formula is C15H20N2O2S. The van der Waals surface area contributed by atoms with Crippen LogP contribution in [-0.2, 0) is 16.0 Å². The zero-order valence-corrected chi connectivity index (χ0v) is 12.3. The Bertz CT molecular complexity index is 482. The van der Waals surface area contributed by atoms with Gasteiger partial charge in [0.05, 0.1) is 0 Å². The first-order chi connectivity index (χ1) is 9.74. The summed E-state index contributed by atoms with van der Waals surface area (Å²) in [6.07, 6.45) is 5.20. The molecule has 20 heavy (non-hydrogen) atoms. The molecule has 108 valence electrons. The second-order valence-electron chi connectivity index (χ2n) is 5.66. The fourth-order valence-electron chi connectivity index (χ4n) is 2.69. The van der Waals surface area contributed by atoms with Crippen LogP contribution in [0, 0.1) is 0 Å². The van der Waals surface area contributed by atoms with Crippen LogP contribution in [0.1, 0.15) is 37.7 Å². The molecule has 0 bridgehead atoms. The number of thiophene rings is 1. The van der Waals surface area contributed by atoms with E-state index in [-0.39, 0.29) is 17.9 Å². The van der Waals surface area contributed by atoms with Crippen LogP contribution in [0.2, 0.25) is 0 Å². The summed E-state index contributed by atoms with van der Waals surface area (Å²) < 4.78 is 0. The molecule has 4 nitrogen and oxygen atoms in total. The SMILES string of the molecule is O=C(NC1CC1)C1CCCN1C(=O)CCc1ccsc1. The number of aryl methyl sites for hydroxylation is 1. The average molecular weight is 292 g/mol. The maximum atomic E-state index is 12.3. The van der Waals surface area contributed by atoms with Crippen molar-refractivity contribution in [3.05, 3.63) is 22.4 Å². The Hall–Kier alpha value is -1.36. The Morgan fingerprint density at radius 3 is 2.90 bits per heavy atom. The van der Waals surface area contributed by atoms with Crippen LogP contribution in [0.15, 0.2) is 16.8 Å². The molecule has 3 rings (SSSR count). The number of amides is 2. The second kappa shape index (κ2) is 5.95. The lowest BCUT2D eigenvalue weighted by atomic mass is 10.1. The third kappa shape index (κ3) is 3.20. The van der Waals surface area contributed by atoms with Gasteiger partial charge in [0.15, 0.2) is 0 Å². The van der Waals surface area contributed by atoms with Gasteiger partial charge in [-0.2, -0.15) is 11.3 Å². The Kier molecular flexibility index (Phi) is 4.05. The van der Waals surface area contributed by atoms with Gasteiger partial charge >= 0.3 is 0 Å². The van der Waals surface area contributed by atoms with E-state index in [2.05, 4.69) is 16.8 Å².